The van der Waals surface area contributed by atoms with Gasteiger partial charge in [-0.15, -0.1) is 0 Å². The summed E-state index contributed by atoms with van der Waals surface area (Å²) in [6, 6.07) is 9.14. The number of amides is 1. The van der Waals surface area contributed by atoms with Crippen LogP contribution in [0.15, 0.2) is 30.3 Å². The van der Waals surface area contributed by atoms with Crippen LogP contribution >= 0.6 is 0 Å². The lowest BCUT2D eigenvalue weighted by molar-refractivity contribution is -0.127. The lowest BCUT2D eigenvalue weighted by atomic mass is 10.1. The van der Waals surface area contributed by atoms with Crippen LogP contribution in [0.25, 0.3) is 0 Å². The molecule has 110 valence electrons. The van der Waals surface area contributed by atoms with E-state index in [4.69, 9.17) is 0 Å². The predicted octanol–water partition coefficient (Wildman–Crippen LogP) is 2.17. The molecule has 0 saturated carbocycles. The Morgan fingerprint density at radius 2 is 1.80 bits per heavy atom. The maximum Gasteiger partial charge on any atom is 0.237 e. The number of carbonyl (C=O) groups excluding carboxylic acids is 1. The quantitative estimate of drug-likeness (QED) is 0.836. The topological polar surface area (TPSA) is 54.5 Å². The molecule has 0 aliphatic carbocycles. The van der Waals surface area contributed by atoms with E-state index < -0.39 is 15.1 Å². The van der Waals surface area contributed by atoms with E-state index in [2.05, 4.69) is 0 Å². The van der Waals surface area contributed by atoms with E-state index >= 15 is 0 Å². The molecule has 1 unspecified atom stereocenters. The summed E-state index contributed by atoms with van der Waals surface area (Å²) in [7, 11) is -3.45. The van der Waals surface area contributed by atoms with Crippen molar-refractivity contribution in [2.45, 2.75) is 31.4 Å². The Morgan fingerprint density at radius 1 is 1.20 bits per heavy atom. The molecule has 1 aliphatic rings. The third kappa shape index (κ3) is 3.39. The minimum atomic E-state index is -3.45. The molecule has 0 aromatic heterocycles. The van der Waals surface area contributed by atoms with Gasteiger partial charge in [-0.1, -0.05) is 37.3 Å². The van der Waals surface area contributed by atoms with Gasteiger partial charge in [0.15, 0.2) is 9.84 Å². The summed E-state index contributed by atoms with van der Waals surface area (Å²) in [6.45, 7) is 3.22. The highest BCUT2D eigenvalue weighted by Crippen LogP contribution is 2.26. The lowest BCUT2D eigenvalue weighted by Gasteiger charge is -2.19. The molecular formula is C15H21NO3S. The number of benzene rings is 1. The molecule has 4 nitrogen and oxygen atoms in total. The van der Waals surface area contributed by atoms with Gasteiger partial charge in [0.05, 0.1) is 5.25 Å². The standard InChI is InChI=1S/C15H21NO3S/c1-2-14(13-8-4-3-5-9-13)20(18,19)12-15(17)16-10-6-7-11-16/h3-5,8-9,14H,2,6-7,10-12H2,1H3. The Kier molecular flexibility index (Phi) is 4.81. The zero-order chi connectivity index (χ0) is 14.6. The Hall–Kier alpha value is -1.36. The van der Waals surface area contributed by atoms with Crippen LogP contribution in [-0.2, 0) is 14.6 Å². The summed E-state index contributed by atoms with van der Waals surface area (Å²) in [5.74, 6) is -0.627. The van der Waals surface area contributed by atoms with Crippen molar-refractivity contribution in [3.63, 3.8) is 0 Å². The molecule has 5 heteroatoms. The minimum Gasteiger partial charge on any atom is -0.342 e. The number of hydrogen-bond acceptors (Lipinski definition) is 3. The van der Waals surface area contributed by atoms with Gasteiger partial charge in [0, 0.05) is 13.1 Å². The molecule has 1 saturated heterocycles. The molecule has 0 N–H and O–H groups in total. The minimum absolute atomic E-state index is 0.253. The number of rotatable bonds is 5. The molecule has 1 aromatic rings. The SMILES string of the molecule is CCC(c1ccccc1)S(=O)(=O)CC(=O)N1CCCC1. The molecule has 1 aliphatic heterocycles. The second-order valence-electron chi connectivity index (χ2n) is 5.20. The van der Waals surface area contributed by atoms with Crippen molar-refractivity contribution < 1.29 is 13.2 Å². The highest BCUT2D eigenvalue weighted by molar-refractivity contribution is 7.92. The van der Waals surface area contributed by atoms with E-state index in [9.17, 15) is 13.2 Å². The molecule has 1 fully saturated rings. The van der Waals surface area contributed by atoms with E-state index in [1.54, 1.807) is 4.90 Å². The third-order valence-electron chi connectivity index (χ3n) is 3.76. The van der Waals surface area contributed by atoms with Gasteiger partial charge in [0.2, 0.25) is 5.91 Å². The van der Waals surface area contributed by atoms with Crippen molar-refractivity contribution in [1.29, 1.82) is 0 Å². The molecule has 0 bridgehead atoms. The van der Waals surface area contributed by atoms with Gasteiger partial charge in [0.1, 0.15) is 5.75 Å². The van der Waals surface area contributed by atoms with Crippen LogP contribution < -0.4 is 0 Å². The third-order valence-corrected chi connectivity index (χ3v) is 5.88. The van der Waals surface area contributed by atoms with Crippen LogP contribution in [0.4, 0.5) is 0 Å². The zero-order valence-electron chi connectivity index (χ0n) is 11.8. The van der Waals surface area contributed by atoms with Crippen molar-refractivity contribution in [1.82, 2.24) is 4.90 Å². The Bertz CT molecular complexity index is 548. The molecule has 2 rings (SSSR count). The van der Waals surface area contributed by atoms with E-state index in [1.807, 2.05) is 37.3 Å². The fraction of sp³-hybridized carbons (Fsp3) is 0.533. The van der Waals surface area contributed by atoms with Gasteiger partial charge in [-0.25, -0.2) is 8.42 Å². The second kappa shape index (κ2) is 6.39. The Morgan fingerprint density at radius 3 is 2.35 bits per heavy atom. The largest absolute Gasteiger partial charge is 0.342 e. The van der Waals surface area contributed by atoms with E-state index in [-0.39, 0.29) is 11.7 Å². The van der Waals surface area contributed by atoms with Crippen LogP contribution in [0.1, 0.15) is 37.0 Å². The van der Waals surface area contributed by atoms with Crippen LogP contribution in [0, 0.1) is 0 Å². The van der Waals surface area contributed by atoms with Crippen LogP contribution in [0.2, 0.25) is 0 Å². The van der Waals surface area contributed by atoms with E-state index in [0.29, 0.717) is 19.5 Å². The molecule has 1 heterocycles. The summed E-state index contributed by atoms with van der Waals surface area (Å²) in [6.07, 6.45) is 2.43. The van der Waals surface area contributed by atoms with Gasteiger partial charge in [-0.3, -0.25) is 4.79 Å². The van der Waals surface area contributed by atoms with Gasteiger partial charge in [-0.2, -0.15) is 0 Å². The van der Waals surface area contributed by atoms with Crippen molar-refractivity contribution in [3.05, 3.63) is 35.9 Å². The van der Waals surface area contributed by atoms with Crippen molar-refractivity contribution >= 4 is 15.7 Å². The van der Waals surface area contributed by atoms with Crippen molar-refractivity contribution in [3.8, 4) is 0 Å². The number of nitrogens with zero attached hydrogens (tertiary/aromatic N) is 1. The van der Waals surface area contributed by atoms with Gasteiger partial charge < -0.3 is 4.90 Å². The first-order valence-electron chi connectivity index (χ1n) is 7.09. The average molecular weight is 295 g/mol. The molecule has 1 atom stereocenters. The number of likely N-dealkylation sites (tertiary alicyclic amines) is 1. The molecule has 20 heavy (non-hydrogen) atoms. The van der Waals surface area contributed by atoms with Crippen LogP contribution in [0.5, 0.6) is 0 Å². The van der Waals surface area contributed by atoms with Crippen molar-refractivity contribution in [2.75, 3.05) is 18.8 Å². The first-order chi connectivity index (χ1) is 9.54. The Labute approximate surface area is 120 Å². The summed E-state index contributed by atoms with van der Waals surface area (Å²) in [4.78, 5) is 13.7. The number of carbonyl (C=O) groups is 1. The smallest absolute Gasteiger partial charge is 0.237 e. The van der Waals surface area contributed by atoms with Gasteiger partial charge in [0.25, 0.3) is 0 Å². The summed E-state index contributed by atoms with van der Waals surface area (Å²) >= 11 is 0. The first-order valence-corrected chi connectivity index (χ1v) is 8.80. The Balaban J connectivity index is 2.13. The second-order valence-corrected chi connectivity index (χ2v) is 7.39. The van der Waals surface area contributed by atoms with Crippen LogP contribution in [0.3, 0.4) is 0 Å². The van der Waals surface area contributed by atoms with Crippen molar-refractivity contribution in [2.24, 2.45) is 0 Å². The van der Waals surface area contributed by atoms with E-state index in [1.165, 1.54) is 0 Å². The fourth-order valence-electron chi connectivity index (χ4n) is 2.70. The molecule has 1 amide bonds. The normalized spacial score (nSPS) is 17.1. The lowest BCUT2D eigenvalue weighted by Crippen LogP contribution is -2.34. The molecule has 0 radical (unpaired) electrons. The highest BCUT2D eigenvalue weighted by atomic mass is 32.2. The number of sulfone groups is 1. The van der Waals surface area contributed by atoms with Crippen LogP contribution in [-0.4, -0.2) is 38.1 Å². The summed E-state index contributed by atoms with van der Waals surface area (Å²) in [5, 5.41) is -0.588. The fourth-order valence-corrected chi connectivity index (χ4v) is 4.50. The predicted molar refractivity (Wildman–Crippen MR) is 79.1 cm³/mol. The average Bonchev–Trinajstić information content (AvgIpc) is 2.94. The van der Waals surface area contributed by atoms with Gasteiger partial charge >= 0.3 is 0 Å². The summed E-state index contributed by atoms with van der Waals surface area (Å²) in [5.41, 5.74) is 0.768. The molecular weight excluding hydrogens is 274 g/mol. The van der Waals surface area contributed by atoms with Gasteiger partial charge in [-0.05, 0) is 24.8 Å². The zero-order valence-corrected chi connectivity index (χ0v) is 12.6. The number of hydrogen-bond donors (Lipinski definition) is 0. The maximum absolute atomic E-state index is 12.5. The first kappa shape index (κ1) is 15.0. The monoisotopic (exact) mass is 295 g/mol. The molecule has 0 spiro atoms. The van der Waals surface area contributed by atoms with E-state index in [0.717, 1.165) is 18.4 Å². The highest BCUT2D eigenvalue weighted by Gasteiger charge is 2.30. The summed E-state index contributed by atoms with van der Waals surface area (Å²) < 4.78 is 25.0. The maximum atomic E-state index is 12.5. The molecule has 1 aromatic carbocycles.